The van der Waals surface area contributed by atoms with Crippen molar-refractivity contribution in [3.63, 3.8) is 0 Å². The molecule has 0 saturated carbocycles. The third-order valence-corrected chi connectivity index (χ3v) is 5.17. The summed E-state index contributed by atoms with van der Waals surface area (Å²) >= 11 is 12.8. The number of carbonyl (C=O) groups excluding carboxylic acids is 2. The predicted molar refractivity (Wildman–Crippen MR) is 135 cm³/mol. The number of Topliss-reactive ketones (excluding diaryl/α,β-unsaturated/α-hetero) is 1. The molecular weight excluding hydrogens is 497 g/mol. The Morgan fingerprint density at radius 2 is 1.34 bits per heavy atom. The lowest BCUT2D eigenvalue weighted by atomic mass is 10.2. The number of benzene rings is 2. The molecule has 0 saturated heterocycles. The summed E-state index contributed by atoms with van der Waals surface area (Å²) in [6.07, 6.45) is 0. The molecule has 0 aliphatic heterocycles. The molecule has 0 aliphatic rings. The molecule has 35 heavy (non-hydrogen) atoms. The van der Waals surface area contributed by atoms with Crippen LogP contribution in [0, 0.1) is 0 Å². The molecule has 2 rings (SSSR count). The van der Waals surface area contributed by atoms with E-state index in [0.717, 1.165) is 0 Å². The summed E-state index contributed by atoms with van der Waals surface area (Å²) in [6.45, 7) is 10.0. The maximum atomic E-state index is 13.0. The fraction of sp³-hybridized carbons (Fsp3) is 0.417. The quantitative estimate of drug-likeness (QED) is 0.244. The molecular formula is C24H29Cl2N3O6. The molecule has 190 valence electrons. The second-order valence-electron chi connectivity index (χ2n) is 6.99. The molecule has 2 aromatic rings. The van der Waals surface area contributed by atoms with Crippen molar-refractivity contribution in [1.29, 1.82) is 0 Å². The van der Waals surface area contributed by atoms with Crippen molar-refractivity contribution in [2.75, 3.05) is 31.7 Å². The molecule has 1 unspecified atom stereocenters. The second-order valence-corrected chi connectivity index (χ2v) is 7.74. The highest BCUT2D eigenvalue weighted by Gasteiger charge is 2.25. The summed E-state index contributed by atoms with van der Waals surface area (Å²) in [5, 5.41) is 11.0. The Kier molecular flexibility index (Phi) is 11.1. The van der Waals surface area contributed by atoms with E-state index in [9.17, 15) is 9.59 Å². The average Bonchev–Trinajstić information content (AvgIpc) is 2.80. The fourth-order valence-electron chi connectivity index (χ4n) is 2.96. The van der Waals surface area contributed by atoms with Gasteiger partial charge >= 0.3 is 0 Å². The van der Waals surface area contributed by atoms with Crippen LogP contribution in [0.4, 0.5) is 11.4 Å². The Balaban J connectivity index is 2.38. The van der Waals surface area contributed by atoms with Gasteiger partial charge in [-0.25, -0.2) is 0 Å². The van der Waals surface area contributed by atoms with Crippen molar-refractivity contribution in [2.24, 2.45) is 10.2 Å². The Morgan fingerprint density at radius 1 is 0.829 bits per heavy atom. The standard InChI is InChI=1S/C24H29Cl2N3O6/c1-6-32-15-10-17(21(25)19(12-15)34-8-3)27-24(31)23(14(5)30)29-28-18-11-16(33-7-2)13-20(22(18)26)35-9-4/h10-13,23H,6-9H2,1-5H3,(H,27,31). The number of hydrogen-bond donors (Lipinski definition) is 1. The smallest absolute Gasteiger partial charge is 0.258 e. The van der Waals surface area contributed by atoms with Crippen LogP contribution < -0.4 is 24.3 Å². The highest BCUT2D eigenvalue weighted by Crippen LogP contribution is 2.39. The summed E-state index contributed by atoms with van der Waals surface area (Å²) in [6, 6.07) is 4.88. The van der Waals surface area contributed by atoms with Crippen LogP contribution in [0.1, 0.15) is 34.6 Å². The monoisotopic (exact) mass is 525 g/mol. The zero-order chi connectivity index (χ0) is 26.0. The van der Waals surface area contributed by atoms with Gasteiger partial charge in [-0.2, -0.15) is 10.2 Å². The summed E-state index contributed by atoms with van der Waals surface area (Å²) in [7, 11) is 0. The molecule has 2 aromatic carbocycles. The Labute approximate surface area is 214 Å². The molecule has 1 amide bonds. The SMILES string of the molecule is CCOc1cc(N=NC(C(C)=O)C(=O)Nc2cc(OCC)cc(OCC)c2Cl)c(Cl)c(OCC)c1. The Morgan fingerprint density at radius 3 is 1.86 bits per heavy atom. The number of amides is 1. The van der Waals surface area contributed by atoms with E-state index in [1.807, 2.05) is 20.8 Å². The van der Waals surface area contributed by atoms with Crippen LogP contribution in [0.3, 0.4) is 0 Å². The topological polar surface area (TPSA) is 108 Å². The number of rotatable bonds is 13. The minimum absolute atomic E-state index is 0.164. The van der Waals surface area contributed by atoms with Crippen molar-refractivity contribution >= 4 is 46.3 Å². The number of nitrogens with one attached hydrogen (secondary N) is 1. The Bertz CT molecular complexity index is 1080. The van der Waals surface area contributed by atoms with Gasteiger partial charge in [0.05, 0.1) is 32.1 Å². The van der Waals surface area contributed by atoms with Gasteiger partial charge in [0.2, 0.25) is 6.04 Å². The van der Waals surface area contributed by atoms with E-state index in [2.05, 4.69) is 15.5 Å². The molecule has 0 aliphatic carbocycles. The molecule has 1 N–H and O–H groups in total. The normalized spacial score (nSPS) is 11.7. The van der Waals surface area contributed by atoms with Crippen molar-refractivity contribution < 1.29 is 28.5 Å². The third-order valence-electron chi connectivity index (χ3n) is 4.40. The van der Waals surface area contributed by atoms with E-state index in [-0.39, 0.29) is 21.4 Å². The number of ether oxygens (including phenoxy) is 4. The van der Waals surface area contributed by atoms with Crippen LogP contribution in [0.2, 0.25) is 10.0 Å². The predicted octanol–water partition coefficient (Wildman–Crippen LogP) is 6.27. The van der Waals surface area contributed by atoms with Gasteiger partial charge in [0.15, 0.2) is 5.78 Å². The van der Waals surface area contributed by atoms with E-state index >= 15 is 0 Å². The van der Waals surface area contributed by atoms with Crippen LogP contribution in [0.25, 0.3) is 0 Å². The lowest BCUT2D eigenvalue weighted by Gasteiger charge is -2.15. The molecule has 0 heterocycles. The zero-order valence-corrected chi connectivity index (χ0v) is 21.8. The Hall–Kier alpha value is -3.04. The second kappa shape index (κ2) is 13.7. The minimum atomic E-state index is -1.46. The number of ketones is 1. The number of anilines is 1. The molecule has 0 spiro atoms. The molecule has 9 nitrogen and oxygen atoms in total. The van der Waals surface area contributed by atoms with E-state index in [1.54, 1.807) is 25.1 Å². The fourth-order valence-corrected chi connectivity index (χ4v) is 3.37. The third kappa shape index (κ3) is 7.73. The van der Waals surface area contributed by atoms with Gasteiger partial charge in [0.1, 0.15) is 38.7 Å². The molecule has 0 aromatic heterocycles. The van der Waals surface area contributed by atoms with E-state index < -0.39 is 17.7 Å². The summed E-state index contributed by atoms with van der Waals surface area (Å²) in [4.78, 5) is 25.2. The summed E-state index contributed by atoms with van der Waals surface area (Å²) < 4.78 is 22.1. The van der Waals surface area contributed by atoms with Gasteiger partial charge in [-0.15, -0.1) is 0 Å². The molecule has 1 atom stereocenters. The van der Waals surface area contributed by atoms with Crippen LogP contribution in [-0.2, 0) is 9.59 Å². The van der Waals surface area contributed by atoms with Gasteiger partial charge in [0.25, 0.3) is 5.91 Å². The van der Waals surface area contributed by atoms with Crippen molar-refractivity contribution in [1.82, 2.24) is 0 Å². The lowest BCUT2D eigenvalue weighted by Crippen LogP contribution is -2.32. The maximum absolute atomic E-state index is 13.0. The van der Waals surface area contributed by atoms with E-state index in [4.69, 9.17) is 42.1 Å². The van der Waals surface area contributed by atoms with Crippen molar-refractivity contribution in [3.05, 3.63) is 34.3 Å². The first-order valence-electron chi connectivity index (χ1n) is 11.2. The van der Waals surface area contributed by atoms with Gasteiger partial charge < -0.3 is 24.3 Å². The van der Waals surface area contributed by atoms with Crippen LogP contribution >= 0.6 is 23.2 Å². The summed E-state index contributed by atoms with van der Waals surface area (Å²) in [5.41, 5.74) is 0.401. The molecule has 0 fully saturated rings. The number of nitrogens with zero attached hydrogens (tertiary/aromatic N) is 2. The number of carbonyl (C=O) groups is 2. The van der Waals surface area contributed by atoms with Gasteiger partial charge in [0, 0.05) is 24.3 Å². The highest BCUT2D eigenvalue weighted by atomic mass is 35.5. The molecule has 0 radical (unpaired) electrons. The highest BCUT2D eigenvalue weighted by molar-refractivity contribution is 6.35. The van der Waals surface area contributed by atoms with Crippen LogP contribution in [-0.4, -0.2) is 44.2 Å². The first-order valence-corrected chi connectivity index (χ1v) is 11.9. The lowest BCUT2D eigenvalue weighted by molar-refractivity contribution is -0.126. The number of azo groups is 1. The van der Waals surface area contributed by atoms with Gasteiger partial charge in [-0.3, -0.25) is 9.59 Å². The van der Waals surface area contributed by atoms with Gasteiger partial charge in [-0.05, 0) is 34.6 Å². The maximum Gasteiger partial charge on any atom is 0.258 e. The zero-order valence-electron chi connectivity index (χ0n) is 20.3. The summed E-state index contributed by atoms with van der Waals surface area (Å²) in [5.74, 6) is 0.317. The molecule has 0 bridgehead atoms. The average molecular weight is 526 g/mol. The first-order chi connectivity index (χ1) is 16.7. The first kappa shape index (κ1) is 28.2. The number of halogens is 2. The largest absolute Gasteiger partial charge is 0.494 e. The minimum Gasteiger partial charge on any atom is -0.494 e. The molecule has 11 heteroatoms. The number of hydrogen-bond acceptors (Lipinski definition) is 8. The van der Waals surface area contributed by atoms with Crippen LogP contribution in [0.5, 0.6) is 23.0 Å². The van der Waals surface area contributed by atoms with Gasteiger partial charge in [-0.1, -0.05) is 23.2 Å². The van der Waals surface area contributed by atoms with Crippen molar-refractivity contribution in [2.45, 2.75) is 40.7 Å². The van der Waals surface area contributed by atoms with Crippen LogP contribution in [0.15, 0.2) is 34.5 Å². The van der Waals surface area contributed by atoms with E-state index in [1.165, 1.54) is 13.0 Å². The van der Waals surface area contributed by atoms with Crippen molar-refractivity contribution in [3.8, 4) is 23.0 Å². The van der Waals surface area contributed by atoms with E-state index in [0.29, 0.717) is 49.4 Å².